The molecule has 0 unspecified atom stereocenters. The number of carbonyl (C=O) groups is 2. The van der Waals surface area contributed by atoms with Gasteiger partial charge >= 0.3 is 0 Å². The molecule has 0 bridgehead atoms. The average molecular weight is 557 g/mol. The number of benzene rings is 4. The van der Waals surface area contributed by atoms with Gasteiger partial charge in [0.25, 0.3) is 16.8 Å². The normalized spacial score (nSPS) is 14.1. The quantitative estimate of drug-likeness (QED) is 0.125. The number of carbonyl (C=O) groups excluding carboxylic acids is 2. The van der Waals surface area contributed by atoms with Gasteiger partial charge in [-0.05, 0) is 53.1 Å². The summed E-state index contributed by atoms with van der Waals surface area (Å²) in [6.45, 7) is 0.216. The second-order valence-electron chi connectivity index (χ2n) is 8.74. The predicted molar refractivity (Wildman–Crippen MR) is 153 cm³/mol. The monoisotopic (exact) mass is 556 g/mol. The molecule has 1 aliphatic rings. The summed E-state index contributed by atoms with van der Waals surface area (Å²) in [4.78, 5) is 38.0. The van der Waals surface area contributed by atoms with E-state index < -0.39 is 10.8 Å². The molecule has 1 heterocycles. The standard InChI is InChI=1S/C30H24N2O7S/c1-37-26-14-13-20(17-27(26)39-19-22-8-3-5-11-24(22)32(35)36)18-28-29(33)31(30(34)40-28)15-16-38-25-12-6-9-21-7-2-4-10-23(21)25/h2-14,17-18H,15-16,19H2,1H3/b28-18-. The second kappa shape index (κ2) is 11.9. The summed E-state index contributed by atoms with van der Waals surface area (Å²) in [5.41, 5.74) is 0.971. The summed E-state index contributed by atoms with van der Waals surface area (Å²) in [7, 11) is 1.48. The lowest BCUT2D eigenvalue weighted by atomic mass is 10.1. The van der Waals surface area contributed by atoms with Crippen molar-refractivity contribution in [3.63, 3.8) is 0 Å². The molecule has 0 radical (unpaired) electrons. The fourth-order valence-electron chi connectivity index (χ4n) is 4.27. The Bertz CT molecular complexity index is 1630. The van der Waals surface area contributed by atoms with Gasteiger partial charge in [0, 0.05) is 11.5 Å². The summed E-state index contributed by atoms with van der Waals surface area (Å²) >= 11 is 0.853. The fraction of sp³-hybridized carbons (Fsp3) is 0.133. The summed E-state index contributed by atoms with van der Waals surface area (Å²) in [5.74, 6) is 1.05. The van der Waals surface area contributed by atoms with Crippen LogP contribution in [0.1, 0.15) is 11.1 Å². The van der Waals surface area contributed by atoms with Gasteiger partial charge in [-0.3, -0.25) is 24.6 Å². The summed E-state index contributed by atoms with van der Waals surface area (Å²) in [6.07, 6.45) is 1.60. The number of nitrogens with zero attached hydrogens (tertiary/aromatic N) is 2. The van der Waals surface area contributed by atoms with Crippen LogP contribution >= 0.6 is 11.8 Å². The zero-order valence-corrected chi connectivity index (χ0v) is 22.3. The fourth-order valence-corrected chi connectivity index (χ4v) is 5.14. The molecule has 0 aliphatic carbocycles. The number of methoxy groups -OCH3 is 1. The Morgan fingerprint density at radius 2 is 1.68 bits per heavy atom. The molecule has 1 aliphatic heterocycles. The van der Waals surface area contributed by atoms with Crippen molar-refractivity contribution in [1.82, 2.24) is 4.90 Å². The third-order valence-corrected chi connectivity index (χ3v) is 7.16. The molecule has 0 atom stereocenters. The van der Waals surface area contributed by atoms with Crippen molar-refractivity contribution >= 4 is 45.4 Å². The number of thioether (sulfide) groups is 1. The first-order valence-electron chi connectivity index (χ1n) is 12.3. The average Bonchev–Trinajstić information content (AvgIpc) is 3.23. The molecule has 4 aromatic carbocycles. The molecule has 9 nitrogen and oxygen atoms in total. The SMILES string of the molecule is COc1ccc(/C=C2\SC(=O)N(CCOc3cccc4ccccc34)C2=O)cc1OCc1ccccc1[N+](=O)[O-]. The van der Waals surface area contributed by atoms with E-state index in [-0.39, 0.29) is 35.6 Å². The van der Waals surface area contributed by atoms with E-state index in [0.29, 0.717) is 28.4 Å². The zero-order valence-electron chi connectivity index (χ0n) is 21.4. The highest BCUT2D eigenvalue weighted by molar-refractivity contribution is 8.18. The number of fused-ring (bicyclic) bond motifs is 1. The van der Waals surface area contributed by atoms with Crippen LogP contribution in [0.4, 0.5) is 10.5 Å². The molecule has 40 heavy (non-hydrogen) atoms. The van der Waals surface area contributed by atoms with Crippen LogP contribution in [0.2, 0.25) is 0 Å². The molecule has 0 aromatic heterocycles. The molecule has 202 valence electrons. The Morgan fingerprint density at radius 1 is 0.900 bits per heavy atom. The molecule has 0 N–H and O–H groups in total. The Hall–Kier alpha value is -4.83. The number of nitro groups is 1. The summed E-state index contributed by atoms with van der Waals surface area (Å²) in [5, 5.41) is 12.9. The van der Waals surface area contributed by atoms with Crippen LogP contribution in [0.25, 0.3) is 16.8 Å². The van der Waals surface area contributed by atoms with Gasteiger partial charge in [-0.25, -0.2) is 0 Å². The van der Waals surface area contributed by atoms with Crippen LogP contribution in [-0.2, 0) is 11.4 Å². The van der Waals surface area contributed by atoms with E-state index in [1.165, 1.54) is 13.2 Å². The van der Waals surface area contributed by atoms with Gasteiger partial charge < -0.3 is 14.2 Å². The van der Waals surface area contributed by atoms with Crippen LogP contribution in [0.3, 0.4) is 0 Å². The highest BCUT2D eigenvalue weighted by Gasteiger charge is 2.35. The van der Waals surface area contributed by atoms with Gasteiger partial charge in [-0.2, -0.15) is 0 Å². The molecule has 1 fully saturated rings. The van der Waals surface area contributed by atoms with Gasteiger partial charge in [0.2, 0.25) is 0 Å². The Balaban J connectivity index is 1.27. The smallest absolute Gasteiger partial charge is 0.293 e. The molecular formula is C30H24N2O7S. The van der Waals surface area contributed by atoms with Crippen molar-refractivity contribution in [3.8, 4) is 17.2 Å². The molecule has 0 saturated carbocycles. The maximum Gasteiger partial charge on any atom is 0.293 e. The Labute approximate surface area is 234 Å². The topological polar surface area (TPSA) is 108 Å². The van der Waals surface area contributed by atoms with E-state index in [1.807, 2.05) is 42.5 Å². The first kappa shape index (κ1) is 26.8. The summed E-state index contributed by atoms with van der Waals surface area (Å²) < 4.78 is 17.1. The lowest BCUT2D eigenvalue weighted by molar-refractivity contribution is -0.385. The number of amides is 2. The summed E-state index contributed by atoms with van der Waals surface area (Å²) in [6, 6.07) is 24.9. The molecule has 0 spiro atoms. The second-order valence-corrected chi connectivity index (χ2v) is 9.74. The Kier molecular flexibility index (Phi) is 7.97. The van der Waals surface area contributed by atoms with Crippen LogP contribution in [0.5, 0.6) is 17.2 Å². The zero-order chi connectivity index (χ0) is 28.1. The van der Waals surface area contributed by atoms with Crippen molar-refractivity contribution in [2.75, 3.05) is 20.3 Å². The van der Waals surface area contributed by atoms with Crippen LogP contribution in [-0.4, -0.2) is 41.2 Å². The minimum absolute atomic E-state index is 0.0456. The Morgan fingerprint density at radius 3 is 2.50 bits per heavy atom. The van der Waals surface area contributed by atoms with Crippen molar-refractivity contribution < 1.29 is 28.7 Å². The lowest BCUT2D eigenvalue weighted by Gasteiger charge is -2.14. The number of ether oxygens (including phenoxy) is 3. The minimum Gasteiger partial charge on any atom is -0.493 e. The third-order valence-electron chi connectivity index (χ3n) is 6.25. The first-order valence-corrected chi connectivity index (χ1v) is 13.2. The van der Waals surface area contributed by atoms with E-state index in [2.05, 4.69) is 0 Å². The number of hydrogen-bond acceptors (Lipinski definition) is 8. The molecule has 4 aromatic rings. The van der Waals surface area contributed by atoms with Gasteiger partial charge in [-0.1, -0.05) is 54.6 Å². The van der Waals surface area contributed by atoms with E-state index in [4.69, 9.17) is 14.2 Å². The van der Waals surface area contributed by atoms with Crippen LogP contribution in [0, 0.1) is 10.1 Å². The minimum atomic E-state index is -0.463. The molecule has 10 heteroatoms. The number of nitro benzene ring substituents is 1. The van der Waals surface area contributed by atoms with Crippen molar-refractivity contribution in [3.05, 3.63) is 111 Å². The van der Waals surface area contributed by atoms with Gasteiger partial charge in [0.05, 0.1) is 29.0 Å². The molecule has 2 amide bonds. The first-order chi connectivity index (χ1) is 19.4. The predicted octanol–water partition coefficient (Wildman–Crippen LogP) is 6.45. The van der Waals surface area contributed by atoms with Crippen LogP contribution in [0.15, 0.2) is 89.8 Å². The van der Waals surface area contributed by atoms with Gasteiger partial charge in [-0.15, -0.1) is 0 Å². The maximum absolute atomic E-state index is 13.0. The number of para-hydroxylation sites is 1. The highest BCUT2D eigenvalue weighted by atomic mass is 32.2. The molecule has 1 saturated heterocycles. The van der Waals surface area contributed by atoms with Crippen molar-refractivity contribution in [2.45, 2.75) is 6.61 Å². The largest absolute Gasteiger partial charge is 0.493 e. The van der Waals surface area contributed by atoms with Gasteiger partial charge in [0.1, 0.15) is 19.0 Å². The van der Waals surface area contributed by atoms with E-state index >= 15 is 0 Å². The number of hydrogen-bond donors (Lipinski definition) is 0. The van der Waals surface area contributed by atoms with E-state index in [0.717, 1.165) is 27.4 Å². The van der Waals surface area contributed by atoms with E-state index in [9.17, 15) is 19.7 Å². The van der Waals surface area contributed by atoms with E-state index in [1.54, 1.807) is 42.5 Å². The maximum atomic E-state index is 13.0. The highest BCUT2D eigenvalue weighted by Crippen LogP contribution is 2.35. The van der Waals surface area contributed by atoms with Gasteiger partial charge in [0.15, 0.2) is 11.5 Å². The van der Waals surface area contributed by atoms with Crippen molar-refractivity contribution in [2.24, 2.45) is 0 Å². The molecule has 5 rings (SSSR count). The van der Waals surface area contributed by atoms with Crippen molar-refractivity contribution in [1.29, 1.82) is 0 Å². The number of rotatable bonds is 10. The lowest BCUT2D eigenvalue weighted by Crippen LogP contribution is -2.32. The molecular weight excluding hydrogens is 532 g/mol. The number of imide groups is 1. The van der Waals surface area contributed by atoms with Crippen LogP contribution < -0.4 is 14.2 Å². The third kappa shape index (κ3) is 5.76.